The number of Topliss-reactive ketones (excluding diaryl/α,β-unsaturated/α-hetero) is 1. The fourth-order valence-corrected chi connectivity index (χ4v) is 6.47. The molecule has 1 aliphatic carbocycles. The fraction of sp³-hybridized carbons (Fsp3) is 0.387. The van der Waals surface area contributed by atoms with Crippen LogP contribution in [0.2, 0.25) is 0 Å². The molecule has 6 heteroatoms. The first-order valence-electron chi connectivity index (χ1n) is 13.3. The number of hydrogen-bond acceptors (Lipinski definition) is 5. The van der Waals surface area contributed by atoms with Gasteiger partial charge in [-0.25, -0.2) is 0 Å². The van der Waals surface area contributed by atoms with Crippen LogP contribution in [0.15, 0.2) is 60.2 Å². The van der Waals surface area contributed by atoms with Gasteiger partial charge in [0, 0.05) is 42.4 Å². The number of anilines is 2. The summed E-state index contributed by atoms with van der Waals surface area (Å²) in [6.45, 7) is 8.18. The molecule has 3 aromatic carbocycles. The van der Waals surface area contributed by atoms with Crippen LogP contribution in [0.5, 0.6) is 0 Å². The number of nitrogens with one attached hydrogen (secondary N) is 1. The van der Waals surface area contributed by atoms with Crippen molar-refractivity contribution < 1.29 is 9.72 Å². The minimum atomic E-state index is -0.415. The Kier molecular flexibility index (Phi) is 5.59. The SMILES string of the molecule is CC1CCN(c2ccc([C@H]3Nc4ccc5ccccc5c4C4=C3C(=O)CC(C)(C)C4)cc2[N+](=O)[O-])CC1. The Hall–Kier alpha value is -3.67. The van der Waals surface area contributed by atoms with E-state index in [2.05, 4.69) is 55.3 Å². The highest BCUT2D eigenvalue weighted by atomic mass is 16.6. The number of carbonyl (C=O) groups is 1. The lowest BCUT2D eigenvalue weighted by Gasteiger charge is -2.40. The van der Waals surface area contributed by atoms with E-state index in [1.165, 1.54) is 0 Å². The normalized spacial score (nSPS) is 21.4. The molecule has 3 aliphatic rings. The Bertz CT molecular complexity index is 1460. The Morgan fingerprint density at radius 3 is 2.54 bits per heavy atom. The molecule has 1 N–H and O–H groups in total. The summed E-state index contributed by atoms with van der Waals surface area (Å²) >= 11 is 0. The lowest BCUT2D eigenvalue weighted by atomic mass is 9.68. The monoisotopic (exact) mass is 495 g/mol. The van der Waals surface area contributed by atoms with E-state index in [-0.39, 0.29) is 21.8 Å². The van der Waals surface area contributed by atoms with E-state index < -0.39 is 6.04 Å². The zero-order valence-electron chi connectivity index (χ0n) is 21.7. The lowest BCUT2D eigenvalue weighted by Crippen LogP contribution is -2.34. The van der Waals surface area contributed by atoms with E-state index in [1.54, 1.807) is 6.07 Å². The van der Waals surface area contributed by atoms with Gasteiger partial charge < -0.3 is 10.2 Å². The number of hydrogen-bond donors (Lipinski definition) is 1. The number of nitro benzene ring substituents is 1. The van der Waals surface area contributed by atoms with E-state index in [0.29, 0.717) is 18.0 Å². The average molecular weight is 496 g/mol. The molecule has 0 radical (unpaired) electrons. The summed E-state index contributed by atoms with van der Waals surface area (Å²) in [5.41, 5.74) is 5.32. The molecule has 0 saturated carbocycles. The maximum absolute atomic E-state index is 13.7. The molecule has 1 atom stereocenters. The summed E-state index contributed by atoms with van der Waals surface area (Å²) < 4.78 is 0. The summed E-state index contributed by atoms with van der Waals surface area (Å²) in [7, 11) is 0. The van der Waals surface area contributed by atoms with Crippen molar-refractivity contribution in [3.63, 3.8) is 0 Å². The van der Waals surface area contributed by atoms with Crippen LogP contribution in [0.25, 0.3) is 16.3 Å². The van der Waals surface area contributed by atoms with Gasteiger partial charge in [-0.3, -0.25) is 14.9 Å². The van der Waals surface area contributed by atoms with Gasteiger partial charge >= 0.3 is 0 Å². The molecule has 2 heterocycles. The van der Waals surface area contributed by atoms with E-state index in [9.17, 15) is 14.9 Å². The molecule has 6 nitrogen and oxygen atoms in total. The third kappa shape index (κ3) is 4.08. The highest BCUT2D eigenvalue weighted by molar-refractivity contribution is 6.12. The van der Waals surface area contributed by atoms with Crippen molar-refractivity contribution in [3.8, 4) is 0 Å². The highest BCUT2D eigenvalue weighted by Crippen LogP contribution is 2.52. The van der Waals surface area contributed by atoms with Gasteiger partial charge in [0.2, 0.25) is 0 Å². The second-order valence-corrected chi connectivity index (χ2v) is 11.8. The molecular weight excluding hydrogens is 462 g/mol. The van der Waals surface area contributed by atoms with Crippen molar-refractivity contribution >= 4 is 39.2 Å². The van der Waals surface area contributed by atoms with Crippen LogP contribution >= 0.6 is 0 Å². The molecule has 1 saturated heterocycles. The Morgan fingerprint density at radius 1 is 1.03 bits per heavy atom. The van der Waals surface area contributed by atoms with Crippen molar-refractivity contribution in [1.29, 1.82) is 0 Å². The maximum Gasteiger partial charge on any atom is 0.292 e. The van der Waals surface area contributed by atoms with Crippen LogP contribution in [0, 0.1) is 21.4 Å². The van der Waals surface area contributed by atoms with Crippen LogP contribution in [-0.2, 0) is 4.79 Å². The van der Waals surface area contributed by atoms with Crippen LogP contribution in [0.1, 0.15) is 63.6 Å². The van der Waals surface area contributed by atoms with Gasteiger partial charge in [0.25, 0.3) is 5.69 Å². The molecule has 0 bridgehead atoms. The van der Waals surface area contributed by atoms with E-state index in [1.807, 2.05) is 24.3 Å². The topological polar surface area (TPSA) is 75.5 Å². The van der Waals surface area contributed by atoms with Crippen molar-refractivity contribution in [2.75, 3.05) is 23.3 Å². The minimum absolute atomic E-state index is 0.115. The van der Waals surface area contributed by atoms with Crippen molar-refractivity contribution in [1.82, 2.24) is 0 Å². The van der Waals surface area contributed by atoms with Crippen LogP contribution < -0.4 is 10.2 Å². The van der Waals surface area contributed by atoms with Crippen molar-refractivity contribution in [2.45, 2.75) is 52.5 Å². The molecule has 3 aromatic rings. The van der Waals surface area contributed by atoms with Gasteiger partial charge in [-0.2, -0.15) is 0 Å². The van der Waals surface area contributed by atoms with Crippen LogP contribution in [-0.4, -0.2) is 23.8 Å². The Balaban J connectivity index is 1.50. The minimum Gasteiger partial charge on any atom is -0.373 e. The third-order valence-electron chi connectivity index (χ3n) is 8.39. The van der Waals surface area contributed by atoms with E-state index in [0.717, 1.165) is 71.1 Å². The summed E-state index contributed by atoms with van der Waals surface area (Å²) in [5, 5.41) is 18.1. The number of benzene rings is 3. The first-order chi connectivity index (χ1) is 17.7. The van der Waals surface area contributed by atoms with Gasteiger partial charge in [-0.05, 0) is 64.6 Å². The smallest absolute Gasteiger partial charge is 0.292 e. The van der Waals surface area contributed by atoms with Crippen molar-refractivity contribution in [3.05, 3.63) is 81.4 Å². The Morgan fingerprint density at radius 2 is 1.78 bits per heavy atom. The molecule has 37 heavy (non-hydrogen) atoms. The molecule has 2 aliphatic heterocycles. The number of nitro groups is 1. The summed E-state index contributed by atoms with van der Waals surface area (Å²) in [5.74, 6) is 0.767. The fourth-order valence-electron chi connectivity index (χ4n) is 6.47. The number of rotatable bonds is 3. The lowest BCUT2D eigenvalue weighted by molar-refractivity contribution is -0.384. The Labute approximate surface area is 217 Å². The second kappa shape index (κ2) is 8.72. The molecular formula is C31H33N3O3. The van der Waals surface area contributed by atoms with Crippen LogP contribution in [0.4, 0.5) is 17.1 Å². The zero-order chi connectivity index (χ0) is 25.9. The third-order valence-corrected chi connectivity index (χ3v) is 8.39. The van der Waals surface area contributed by atoms with Gasteiger partial charge in [-0.15, -0.1) is 0 Å². The standard InChI is InChI=1S/C31H33N3O3/c1-19-12-14-33(15-13-19)25-11-9-21(16-26(25)34(36)37)30-29-23(17-31(2,3)18-27(29)35)28-22-7-5-4-6-20(22)8-10-24(28)32-30/h4-11,16,19,30,32H,12-15,17-18H2,1-3H3/t30-/m1/s1. The van der Waals surface area contributed by atoms with E-state index >= 15 is 0 Å². The number of carbonyl (C=O) groups excluding carboxylic acids is 1. The molecule has 6 rings (SSSR count). The second-order valence-electron chi connectivity index (χ2n) is 11.8. The molecule has 0 amide bonds. The summed E-state index contributed by atoms with van der Waals surface area (Å²) in [6, 6.07) is 17.6. The van der Waals surface area contributed by atoms with Crippen LogP contribution in [0.3, 0.4) is 0 Å². The van der Waals surface area contributed by atoms with Crippen molar-refractivity contribution in [2.24, 2.45) is 11.3 Å². The largest absolute Gasteiger partial charge is 0.373 e. The maximum atomic E-state index is 13.7. The molecule has 0 aromatic heterocycles. The zero-order valence-corrected chi connectivity index (χ0v) is 21.7. The first-order valence-corrected chi connectivity index (χ1v) is 13.3. The summed E-state index contributed by atoms with van der Waals surface area (Å²) in [6.07, 6.45) is 3.33. The van der Waals surface area contributed by atoms with Gasteiger partial charge in [0.15, 0.2) is 5.78 Å². The number of ketones is 1. The predicted molar refractivity (Wildman–Crippen MR) is 149 cm³/mol. The number of fused-ring (bicyclic) bond motifs is 4. The summed E-state index contributed by atoms with van der Waals surface area (Å²) in [4.78, 5) is 27.8. The van der Waals surface area contributed by atoms with E-state index in [4.69, 9.17) is 0 Å². The predicted octanol–water partition coefficient (Wildman–Crippen LogP) is 7.29. The average Bonchev–Trinajstić information content (AvgIpc) is 2.87. The van der Waals surface area contributed by atoms with Gasteiger partial charge in [0.1, 0.15) is 5.69 Å². The van der Waals surface area contributed by atoms with Gasteiger partial charge in [-0.1, -0.05) is 57.2 Å². The molecule has 1 fully saturated rings. The quantitative estimate of drug-likeness (QED) is 0.305. The highest BCUT2D eigenvalue weighted by Gasteiger charge is 2.41. The number of piperidine rings is 1. The number of nitrogens with zero attached hydrogens (tertiary/aromatic N) is 2. The first kappa shape index (κ1) is 23.7. The molecule has 0 unspecified atom stereocenters. The van der Waals surface area contributed by atoms with Gasteiger partial charge in [0.05, 0.1) is 11.0 Å². The molecule has 0 spiro atoms. The number of allylic oxidation sites excluding steroid dienone is 1. The molecule has 190 valence electrons.